The standard InChI is InChI=1S/C65H47NO/c1-64(2)56-29-11-7-23-50(56)54-28-16-26-48(63(54)64)44-18-15-21-47(40-44)66(59-31-13-9-24-52(59)53-27-17-33-61-62(53)55-25-10-14-32-60(55)67-61)46-37-34-42(35-38-46)43-36-39-51-49-22-8-12-30-57(49)65(3,58(51)41-43)45-19-5-4-6-20-45/h4-41H,1-3H3. The van der Waals surface area contributed by atoms with Gasteiger partial charge in [0.2, 0.25) is 0 Å². The molecule has 1 aromatic heterocycles. The van der Waals surface area contributed by atoms with E-state index in [2.05, 4.69) is 250 Å². The van der Waals surface area contributed by atoms with Crippen LogP contribution in [0.25, 0.3) is 77.6 Å². The average Bonchev–Trinajstić information content (AvgIpc) is 3.98. The van der Waals surface area contributed by atoms with Gasteiger partial charge in [-0.1, -0.05) is 196 Å². The zero-order chi connectivity index (χ0) is 44.9. The van der Waals surface area contributed by atoms with Gasteiger partial charge in [0.05, 0.1) is 5.69 Å². The maximum absolute atomic E-state index is 6.45. The Kier molecular flexibility index (Phi) is 8.73. The third-order valence-corrected chi connectivity index (χ3v) is 15.0. The van der Waals surface area contributed by atoms with Crippen LogP contribution in [0.5, 0.6) is 0 Å². The van der Waals surface area contributed by atoms with Crippen molar-refractivity contribution in [2.45, 2.75) is 31.6 Å². The van der Waals surface area contributed by atoms with Gasteiger partial charge >= 0.3 is 0 Å². The second kappa shape index (κ2) is 14.9. The Hall–Kier alpha value is -8.20. The van der Waals surface area contributed by atoms with Crippen LogP contribution < -0.4 is 4.90 Å². The molecule has 2 aliphatic rings. The first-order chi connectivity index (χ1) is 32.9. The molecule has 2 nitrogen and oxygen atoms in total. The molecule has 11 aromatic rings. The first-order valence-electron chi connectivity index (χ1n) is 23.4. The van der Waals surface area contributed by atoms with E-state index in [-0.39, 0.29) is 10.8 Å². The molecule has 10 aromatic carbocycles. The Morgan fingerprint density at radius 3 is 1.79 bits per heavy atom. The fraction of sp³-hybridized carbons (Fsp3) is 0.0769. The second-order valence-corrected chi connectivity index (χ2v) is 18.9. The molecule has 0 N–H and O–H groups in total. The lowest BCUT2D eigenvalue weighted by atomic mass is 9.74. The molecule has 0 radical (unpaired) electrons. The van der Waals surface area contributed by atoms with Gasteiger partial charge in [-0.3, -0.25) is 0 Å². The van der Waals surface area contributed by atoms with Crippen molar-refractivity contribution in [3.8, 4) is 55.6 Å². The van der Waals surface area contributed by atoms with Crippen LogP contribution in [0.4, 0.5) is 17.1 Å². The fourth-order valence-electron chi connectivity index (χ4n) is 11.8. The summed E-state index contributed by atoms with van der Waals surface area (Å²) in [6.45, 7) is 7.13. The molecule has 318 valence electrons. The lowest BCUT2D eigenvalue weighted by molar-refractivity contribution is 0.662. The highest BCUT2D eigenvalue weighted by Crippen LogP contribution is 2.55. The van der Waals surface area contributed by atoms with Crippen molar-refractivity contribution in [1.29, 1.82) is 0 Å². The highest BCUT2D eigenvalue weighted by Gasteiger charge is 2.41. The summed E-state index contributed by atoms with van der Waals surface area (Å²) < 4.78 is 6.45. The summed E-state index contributed by atoms with van der Waals surface area (Å²) in [5.74, 6) is 0. The SMILES string of the molecule is CC1(C)c2ccccc2-c2cccc(-c3cccc(N(c4ccc(-c5ccc6c(c5)C(C)(c5ccccc5)c5ccccc5-6)cc4)c4ccccc4-c4cccc5oc6ccccc6c45)c3)c21. The largest absolute Gasteiger partial charge is 0.456 e. The Morgan fingerprint density at radius 1 is 0.358 bits per heavy atom. The number of benzene rings is 10. The summed E-state index contributed by atoms with van der Waals surface area (Å²) in [6, 6.07) is 84.7. The van der Waals surface area contributed by atoms with Crippen LogP contribution in [0, 0.1) is 0 Å². The maximum Gasteiger partial charge on any atom is 0.136 e. The van der Waals surface area contributed by atoms with E-state index >= 15 is 0 Å². The van der Waals surface area contributed by atoms with Gasteiger partial charge in [-0.05, 0) is 133 Å². The quantitative estimate of drug-likeness (QED) is 0.159. The van der Waals surface area contributed by atoms with Gasteiger partial charge in [-0.2, -0.15) is 0 Å². The van der Waals surface area contributed by atoms with Gasteiger partial charge in [0.15, 0.2) is 0 Å². The molecule has 0 aliphatic heterocycles. The molecule has 0 saturated heterocycles. The number of fused-ring (bicyclic) bond motifs is 9. The topological polar surface area (TPSA) is 16.4 Å². The van der Waals surface area contributed by atoms with E-state index in [4.69, 9.17) is 4.42 Å². The van der Waals surface area contributed by atoms with E-state index in [0.29, 0.717) is 0 Å². The smallest absolute Gasteiger partial charge is 0.136 e. The minimum atomic E-state index is -0.269. The normalized spacial score (nSPS) is 15.3. The van der Waals surface area contributed by atoms with E-state index in [1.165, 1.54) is 72.3 Å². The molecule has 0 fully saturated rings. The van der Waals surface area contributed by atoms with Gasteiger partial charge in [0.25, 0.3) is 0 Å². The fourth-order valence-corrected chi connectivity index (χ4v) is 11.8. The highest BCUT2D eigenvalue weighted by atomic mass is 16.3. The monoisotopic (exact) mass is 857 g/mol. The van der Waals surface area contributed by atoms with Gasteiger partial charge < -0.3 is 9.32 Å². The molecule has 0 amide bonds. The lowest BCUT2D eigenvalue weighted by Gasteiger charge is -2.29. The van der Waals surface area contributed by atoms with E-state index in [0.717, 1.165) is 50.1 Å². The van der Waals surface area contributed by atoms with Crippen LogP contribution in [0.1, 0.15) is 48.6 Å². The first kappa shape index (κ1) is 39.2. The number of nitrogens with zero attached hydrogens (tertiary/aromatic N) is 1. The number of anilines is 3. The molecule has 0 bridgehead atoms. The van der Waals surface area contributed by atoms with E-state index < -0.39 is 0 Å². The number of para-hydroxylation sites is 2. The Bertz CT molecular complexity index is 3740. The van der Waals surface area contributed by atoms with Crippen molar-refractivity contribution in [3.05, 3.63) is 258 Å². The molecular weight excluding hydrogens is 811 g/mol. The van der Waals surface area contributed by atoms with Gasteiger partial charge in [-0.25, -0.2) is 0 Å². The zero-order valence-electron chi connectivity index (χ0n) is 37.8. The van der Waals surface area contributed by atoms with E-state index in [9.17, 15) is 0 Å². The molecule has 13 rings (SSSR count). The molecule has 2 aliphatic carbocycles. The summed E-state index contributed by atoms with van der Waals surface area (Å²) >= 11 is 0. The minimum Gasteiger partial charge on any atom is -0.456 e. The molecule has 1 atom stereocenters. The van der Waals surface area contributed by atoms with Crippen molar-refractivity contribution in [2.75, 3.05) is 4.90 Å². The summed E-state index contributed by atoms with van der Waals surface area (Å²) in [6.07, 6.45) is 0. The molecule has 1 unspecified atom stereocenters. The molecule has 2 heteroatoms. The molecule has 0 saturated carbocycles. The summed E-state index contributed by atoms with van der Waals surface area (Å²) in [5.41, 5.74) is 23.7. The third kappa shape index (κ3) is 5.89. The van der Waals surface area contributed by atoms with E-state index in [1.807, 2.05) is 6.07 Å². The number of furan rings is 1. The number of hydrogen-bond donors (Lipinski definition) is 0. The van der Waals surface area contributed by atoms with Crippen LogP contribution in [0.3, 0.4) is 0 Å². The summed E-state index contributed by atoms with van der Waals surface area (Å²) in [4.78, 5) is 2.44. The average molecular weight is 858 g/mol. The van der Waals surface area contributed by atoms with Crippen LogP contribution in [0.15, 0.2) is 235 Å². The van der Waals surface area contributed by atoms with Crippen LogP contribution in [-0.2, 0) is 10.8 Å². The maximum atomic E-state index is 6.45. The predicted molar refractivity (Wildman–Crippen MR) is 280 cm³/mol. The first-order valence-corrected chi connectivity index (χ1v) is 23.4. The minimum absolute atomic E-state index is 0.147. The van der Waals surface area contributed by atoms with Crippen LogP contribution >= 0.6 is 0 Å². The molecular formula is C65H47NO. The lowest BCUT2D eigenvalue weighted by Crippen LogP contribution is -2.22. The Labute approximate surface area is 392 Å². The van der Waals surface area contributed by atoms with Crippen molar-refractivity contribution < 1.29 is 4.42 Å². The van der Waals surface area contributed by atoms with Gasteiger partial charge in [-0.15, -0.1) is 0 Å². The van der Waals surface area contributed by atoms with Gasteiger partial charge in [0.1, 0.15) is 11.2 Å². The van der Waals surface area contributed by atoms with Crippen molar-refractivity contribution in [1.82, 2.24) is 0 Å². The van der Waals surface area contributed by atoms with Crippen molar-refractivity contribution in [2.24, 2.45) is 0 Å². The number of rotatable bonds is 7. The van der Waals surface area contributed by atoms with Crippen molar-refractivity contribution in [3.63, 3.8) is 0 Å². The number of hydrogen-bond acceptors (Lipinski definition) is 2. The van der Waals surface area contributed by atoms with Crippen LogP contribution in [0.2, 0.25) is 0 Å². The zero-order valence-corrected chi connectivity index (χ0v) is 37.8. The third-order valence-electron chi connectivity index (χ3n) is 15.0. The summed E-state index contributed by atoms with van der Waals surface area (Å²) in [7, 11) is 0. The van der Waals surface area contributed by atoms with E-state index in [1.54, 1.807) is 0 Å². The van der Waals surface area contributed by atoms with Crippen molar-refractivity contribution >= 4 is 39.0 Å². The summed E-state index contributed by atoms with van der Waals surface area (Å²) in [5, 5.41) is 2.24. The Morgan fingerprint density at radius 2 is 0.955 bits per heavy atom. The molecule has 67 heavy (non-hydrogen) atoms. The van der Waals surface area contributed by atoms with Gasteiger partial charge in [0, 0.05) is 38.5 Å². The highest BCUT2D eigenvalue weighted by molar-refractivity contribution is 6.14. The Balaban J connectivity index is 0.974. The molecule has 1 heterocycles. The predicted octanol–water partition coefficient (Wildman–Crippen LogP) is 17.7. The second-order valence-electron chi connectivity index (χ2n) is 18.9. The van der Waals surface area contributed by atoms with Crippen LogP contribution in [-0.4, -0.2) is 0 Å². The molecule has 0 spiro atoms.